The lowest BCUT2D eigenvalue weighted by Gasteiger charge is -2.40. The summed E-state index contributed by atoms with van der Waals surface area (Å²) in [5.74, 6) is 0. The maximum absolute atomic E-state index is 9.78. The van der Waals surface area contributed by atoms with Crippen molar-refractivity contribution in [3.63, 3.8) is 0 Å². The summed E-state index contributed by atoms with van der Waals surface area (Å²) in [5.41, 5.74) is -0.735. The van der Waals surface area contributed by atoms with Crippen LogP contribution in [0.25, 0.3) is 0 Å². The van der Waals surface area contributed by atoms with Gasteiger partial charge in [0, 0.05) is 12.8 Å². The number of aliphatic hydroxyl groups excluding tert-OH is 1. The summed E-state index contributed by atoms with van der Waals surface area (Å²) in [6.07, 6.45) is 0.978. The quantitative estimate of drug-likeness (QED) is 0.616. The van der Waals surface area contributed by atoms with Crippen LogP contribution in [0.5, 0.6) is 0 Å². The minimum absolute atomic E-state index is 0.00958. The number of hydrogen-bond donors (Lipinski definition) is 1. The van der Waals surface area contributed by atoms with Gasteiger partial charge in [0.25, 0.3) is 0 Å². The van der Waals surface area contributed by atoms with Crippen molar-refractivity contribution in [3.8, 4) is 0 Å². The molecule has 3 saturated heterocycles. The molecule has 0 aromatic heterocycles. The van der Waals surface area contributed by atoms with Gasteiger partial charge in [0.05, 0.1) is 17.3 Å². The maximum atomic E-state index is 9.78. The Balaban J connectivity index is 2.01. The molecule has 3 aliphatic heterocycles. The van der Waals surface area contributed by atoms with Gasteiger partial charge in [-0.15, -0.1) is 0 Å². The predicted molar refractivity (Wildman–Crippen MR) is 47.7 cm³/mol. The van der Waals surface area contributed by atoms with Gasteiger partial charge in [-0.3, -0.25) is 0 Å². The molecule has 0 radical (unpaired) electrons. The summed E-state index contributed by atoms with van der Waals surface area (Å²) in [7, 11) is 0. The largest absolute Gasteiger partial charge is 0.393 e. The molecular formula is C10H16O4. The molecule has 4 nitrogen and oxygen atoms in total. The van der Waals surface area contributed by atoms with Crippen LogP contribution in [-0.2, 0) is 14.2 Å². The molecule has 4 heteroatoms. The van der Waals surface area contributed by atoms with E-state index >= 15 is 0 Å². The lowest BCUT2D eigenvalue weighted by molar-refractivity contribution is -0.206. The molecule has 1 N–H and O–H groups in total. The van der Waals surface area contributed by atoms with Crippen LogP contribution >= 0.6 is 0 Å². The van der Waals surface area contributed by atoms with Crippen molar-refractivity contribution in [1.29, 1.82) is 0 Å². The monoisotopic (exact) mass is 200 g/mol. The first kappa shape index (κ1) is 9.09. The smallest absolute Gasteiger partial charge is 0.148 e. The van der Waals surface area contributed by atoms with Gasteiger partial charge in [0.1, 0.15) is 19.0 Å². The lowest BCUT2D eigenvalue weighted by Crippen LogP contribution is -2.47. The zero-order valence-electron chi connectivity index (χ0n) is 8.53. The normalized spacial score (nSPS) is 61.5. The molecule has 0 spiro atoms. The molecule has 80 valence electrons. The minimum Gasteiger partial charge on any atom is -0.393 e. The van der Waals surface area contributed by atoms with E-state index in [0.29, 0.717) is 19.6 Å². The van der Waals surface area contributed by atoms with Crippen molar-refractivity contribution in [3.05, 3.63) is 0 Å². The Morgan fingerprint density at radius 3 is 2.07 bits per heavy atom. The standard InChI is InChI=1S/C10H16O4/c1-9-3-6(11)4-10(2,14-9)8-7(9)12-5-13-8/h6-8,11H,3-5H2,1-2H3/t6?,7-,8+,9+,10-. The highest BCUT2D eigenvalue weighted by atomic mass is 16.7. The van der Waals surface area contributed by atoms with E-state index in [9.17, 15) is 5.11 Å². The second-order valence-electron chi connectivity index (χ2n) is 5.08. The Morgan fingerprint density at radius 2 is 1.57 bits per heavy atom. The van der Waals surface area contributed by atoms with Crippen LogP contribution in [0.2, 0.25) is 0 Å². The number of aliphatic hydroxyl groups is 1. The first-order valence-electron chi connectivity index (χ1n) is 5.15. The molecule has 0 aliphatic carbocycles. The average Bonchev–Trinajstić information content (AvgIpc) is 2.52. The lowest BCUT2D eigenvalue weighted by atomic mass is 9.92. The van der Waals surface area contributed by atoms with E-state index in [1.807, 2.05) is 13.8 Å². The third kappa shape index (κ3) is 0.972. The third-order valence-electron chi connectivity index (χ3n) is 3.72. The number of rotatable bonds is 0. The van der Waals surface area contributed by atoms with E-state index in [2.05, 4.69) is 0 Å². The molecule has 3 aliphatic rings. The molecule has 1 unspecified atom stereocenters. The van der Waals surface area contributed by atoms with Crippen LogP contribution in [0.4, 0.5) is 0 Å². The number of fused-ring (bicyclic) bond motifs is 5. The van der Waals surface area contributed by atoms with Gasteiger partial charge in [-0.05, 0) is 13.8 Å². The molecule has 2 bridgehead atoms. The molecule has 0 aromatic carbocycles. The molecule has 5 atom stereocenters. The van der Waals surface area contributed by atoms with E-state index in [0.717, 1.165) is 0 Å². The molecule has 0 saturated carbocycles. The van der Waals surface area contributed by atoms with E-state index in [1.165, 1.54) is 0 Å². The van der Waals surface area contributed by atoms with Gasteiger partial charge < -0.3 is 19.3 Å². The van der Waals surface area contributed by atoms with Crippen LogP contribution in [0, 0.1) is 0 Å². The first-order valence-corrected chi connectivity index (χ1v) is 5.15. The van der Waals surface area contributed by atoms with Gasteiger partial charge in [0.15, 0.2) is 0 Å². The predicted octanol–water partition coefficient (Wildman–Crippen LogP) is 0.430. The second-order valence-corrected chi connectivity index (χ2v) is 5.08. The Morgan fingerprint density at radius 1 is 1.07 bits per heavy atom. The fraction of sp³-hybridized carbons (Fsp3) is 1.00. The van der Waals surface area contributed by atoms with Gasteiger partial charge in [-0.25, -0.2) is 0 Å². The minimum atomic E-state index is -0.367. The number of ether oxygens (including phenoxy) is 3. The van der Waals surface area contributed by atoms with Crippen LogP contribution < -0.4 is 0 Å². The van der Waals surface area contributed by atoms with Crippen molar-refractivity contribution in [2.45, 2.75) is 56.2 Å². The maximum Gasteiger partial charge on any atom is 0.148 e. The summed E-state index contributed by atoms with van der Waals surface area (Å²) < 4.78 is 17.1. The Labute approximate surface area is 83.1 Å². The summed E-state index contributed by atoms with van der Waals surface area (Å²) in [6, 6.07) is 0. The van der Waals surface area contributed by atoms with Crippen molar-refractivity contribution >= 4 is 0 Å². The zero-order valence-corrected chi connectivity index (χ0v) is 8.53. The molecule has 3 fully saturated rings. The highest BCUT2D eigenvalue weighted by Crippen LogP contribution is 2.52. The first-order chi connectivity index (χ1) is 6.54. The van der Waals surface area contributed by atoms with E-state index in [1.54, 1.807) is 0 Å². The van der Waals surface area contributed by atoms with Crippen molar-refractivity contribution in [2.24, 2.45) is 0 Å². The summed E-state index contributed by atoms with van der Waals surface area (Å²) >= 11 is 0. The van der Waals surface area contributed by atoms with Gasteiger partial charge >= 0.3 is 0 Å². The number of hydrogen-bond acceptors (Lipinski definition) is 4. The van der Waals surface area contributed by atoms with E-state index in [-0.39, 0.29) is 29.5 Å². The summed E-state index contributed by atoms with van der Waals surface area (Å²) in [5, 5.41) is 9.78. The molecule has 14 heavy (non-hydrogen) atoms. The molecule has 3 heterocycles. The Bertz CT molecular complexity index is 245. The fourth-order valence-corrected chi connectivity index (χ4v) is 3.33. The zero-order chi connectivity index (χ0) is 9.97. The fourth-order valence-electron chi connectivity index (χ4n) is 3.33. The van der Waals surface area contributed by atoms with Crippen molar-refractivity contribution in [2.75, 3.05) is 6.79 Å². The third-order valence-corrected chi connectivity index (χ3v) is 3.72. The highest BCUT2D eigenvalue weighted by Gasteiger charge is 2.65. The van der Waals surface area contributed by atoms with Crippen LogP contribution in [0.3, 0.4) is 0 Å². The molecule has 3 rings (SSSR count). The average molecular weight is 200 g/mol. The van der Waals surface area contributed by atoms with Crippen molar-refractivity contribution in [1.82, 2.24) is 0 Å². The van der Waals surface area contributed by atoms with Gasteiger partial charge in [-0.1, -0.05) is 0 Å². The van der Waals surface area contributed by atoms with Crippen LogP contribution in [-0.4, -0.2) is 41.4 Å². The van der Waals surface area contributed by atoms with Gasteiger partial charge in [-0.2, -0.15) is 0 Å². The molecule has 0 amide bonds. The highest BCUT2D eigenvalue weighted by molar-refractivity contribution is 5.13. The van der Waals surface area contributed by atoms with Crippen LogP contribution in [0.1, 0.15) is 26.7 Å². The van der Waals surface area contributed by atoms with Crippen molar-refractivity contribution < 1.29 is 19.3 Å². The van der Waals surface area contributed by atoms with E-state index < -0.39 is 0 Å². The topological polar surface area (TPSA) is 47.9 Å². The van der Waals surface area contributed by atoms with Gasteiger partial charge in [0.2, 0.25) is 0 Å². The summed E-state index contributed by atoms with van der Waals surface area (Å²) in [4.78, 5) is 0. The SMILES string of the molecule is C[C@]12CC(O)C[C@](C)(O1)[C@@H]1OCO[C@@H]12. The Kier molecular flexibility index (Phi) is 1.62. The second kappa shape index (κ2) is 2.50. The Hall–Kier alpha value is -0.160. The molecule has 0 aromatic rings. The van der Waals surface area contributed by atoms with Crippen LogP contribution in [0.15, 0.2) is 0 Å². The summed E-state index contributed by atoms with van der Waals surface area (Å²) in [6.45, 7) is 4.37. The molecular weight excluding hydrogens is 184 g/mol. The van der Waals surface area contributed by atoms with E-state index in [4.69, 9.17) is 14.2 Å².